The second kappa shape index (κ2) is 10.3. The molecule has 1 atom stereocenters. The van der Waals surface area contributed by atoms with Gasteiger partial charge in [-0.1, -0.05) is 43.2 Å². The van der Waals surface area contributed by atoms with Crippen LogP contribution in [0.4, 0.5) is 4.39 Å². The maximum Gasteiger partial charge on any atom is 0.254 e. The standard InChI is InChI=1S/C27H29FN2O2S/c1-3-4-15-29(27(32)21-9-11-22(28)12-10-21)18-25(31)30-16-13-24-23(14-17-33-24)26(30)20-7-5-19(2)6-8-20/h5-12,14,17,26H,3-4,13,15-16,18H2,1-2H3. The largest absolute Gasteiger partial charge is 0.330 e. The van der Waals surface area contributed by atoms with Gasteiger partial charge in [0.1, 0.15) is 12.4 Å². The quantitative estimate of drug-likeness (QED) is 0.456. The van der Waals surface area contributed by atoms with E-state index in [0.717, 1.165) is 24.8 Å². The van der Waals surface area contributed by atoms with Crippen LogP contribution in [0, 0.1) is 12.7 Å². The molecule has 3 aromatic rings. The first-order chi connectivity index (χ1) is 16.0. The number of amides is 2. The fraction of sp³-hybridized carbons (Fsp3) is 0.333. The van der Waals surface area contributed by atoms with Gasteiger partial charge in [0.25, 0.3) is 5.91 Å². The van der Waals surface area contributed by atoms with E-state index >= 15 is 0 Å². The summed E-state index contributed by atoms with van der Waals surface area (Å²) in [5.74, 6) is -0.690. The van der Waals surface area contributed by atoms with E-state index in [-0.39, 0.29) is 30.2 Å². The molecule has 1 aliphatic heterocycles. The third kappa shape index (κ3) is 5.17. The number of hydrogen-bond donors (Lipinski definition) is 0. The Morgan fingerprint density at radius 1 is 1.09 bits per heavy atom. The molecule has 6 heteroatoms. The molecule has 0 N–H and O–H groups in total. The number of carbonyl (C=O) groups is 2. The summed E-state index contributed by atoms with van der Waals surface area (Å²) >= 11 is 1.74. The number of unbranched alkanes of at least 4 members (excludes halogenated alkanes) is 1. The topological polar surface area (TPSA) is 40.6 Å². The van der Waals surface area contributed by atoms with Crippen LogP contribution in [-0.2, 0) is 11.2 Å². The predicted molar refractivity (Wildman–Crippen MR) is 130 cm³/mol. The molecule has 2 aromatic carbocycles. The number of aryl methyl sites for hydroxylation is 1. The zero-order valence-electron chi connectivity index (χ0n) is 19.1. The van der Waals surface area contributed by atoms with Gasteiger partial charge in [-0.05, 0) is 66.6 Å². The smallest absolute Gasteiger partial charge is 0.254 e. The zero-order chi connectivity index (χ0) is 23.4. The highest BCUT2D eigenvalue weighted by atomic mass is 32.1. The first-order valence-corrected chi connectivity index (χ1v) is 12.3. The van der Waals surface area contributed by atoms with Crippen LogP contribution in [0.1, 0.15) is 57.7 Å². The minimum Gasteiger partial charge on any atom is -0.330 e. The molecule has 1 aromatic heterocycles. The molecule has 0 bridgehead atoms. The Morgan fingerprint density at radius 2 is 1.82 bits per heavy atom. The number of fused-ring (bicyclic) bond motifs is 1. The number of benzene rings is 2. The van der Waals surface area contributed by atoms with E-state index in [4.69, 9.17) is 0 Å². The van der Waals surface area contributed by atoms with Crippen molar-refractivity contribution in [2.45, 2.75) is 39.2 Å². The number of hydrogen-bond acceptors (Lipinski definition) is 3. The van der Waals surface area contributed by atoms with Crippen molar-refractivity contribution < 1.29 is 14.0 Å². The normalized spacial score (nSPS) is 15.2. The number of carbonyl (C=O) groups excluding carboxylic acids is 2. The van der Waals surface area contributed by atoms with Crippen molar-refractivity contribution in [1.29, 1.82) is 0 Å². The summed E-state index contributed by atoms with van der Waals surface area (Å²) in [4.78, 5) is 31.6. The van der Waals surface area contributed by atoms with Crippen LogP contribution in [0.3, 0.4) is 0 Å². The van der Waals surface area contributed by atoms with Crippen molar-refractivity contribution in [1.82, 2.24) is 9.80 Å². The van der Waals surface area contributed by atoms with Gasteiger partial charge in [0.2, 0.25) is 5.91 Å². The Morgan fingerprint density at radius 3 is 2.52 bits per heavy atom. The molecule has 2 amide bonds. The molecule has 2 heterocycles. The third-order valence-electron chi connectivity index (χ3n) is 6.17. The summed E-state index contributed by atoms with van der Waals surface area (Å²) in [6.45, 7) is 5.23. The summed E-state index contributed by atoms with van der Waals surface area (Å²) in [5, 5.41) is 2.09. The molecular formula is C27H29FN2O2S. The molecule has 0 radical (unpaired) electrons. The van der Waals surface area contributed by atoms with E-state index in [0.29, 0.717) is 18.7 Å². The minimum atomic E-state index is -0.386. The van der Waals surface area contributed by atoms with Crippen LogP contribution in [0.15, 0.2) is 60.0 Å². The van der Waals surface area contributed by atoms with E-state index < -0.39 is 0 Å². The van der Waals surface area contributed by atoms with Crippen LogP contribution in [0.5, 0.6) is 0 Å². The van der Waals surface area contributed by atoms with E-state index in [2.05, 4.69) is 49.6 Å². The number of halogens is 1. The van der Waals surface area contributed by atoms with Crippen molar-refractivity contribution >= 4 is 23.2 Å². The predicted octanol–water partition coefficient (Wildman–Crippen LogP) is 5.61. The maximum absolute atomic E-state index is 13.6. The average Bonchev–Trinajstić information content (AvgIpc) is 3.30. The lowest BCUT2D eigenvalue weighted by molar-refractivity contribution is -0.134. The van der Waals surface area contributed by atoms with Gasteiger partial charge in [-0.25, -0.2) is 4.39 Å². The Hall–Kier alpha value is -2.99. The third-order valence-corrected chi connectivity index (χ3v) is 7.16. The number of rotatable bonds is 7. The SMILES string of the molecule is CCCCN(CC(=O)N1CCc2sccc2C1c1ccc(C)cc1)C(=O)c1ccc(F)cc1. The molecule has 4 rings (SSSR count). The van der Waals surface area contributed by atoms with Gasteiger partial charge >= 0.3 is 0 Å². The summed E-state index contributed by atoms with van der Waals surface area (Å²) in [6, 6.07) is 15.8. The zero-order valence-corrected chi connectivity index (χ0v) is 19.9. The Kier molecular flexibility index (Phi) is 7.23. The van der Waals surface area contributed by atoms with E-state index in [1.165, 1.54) is 40.3 Å². The fourth-order valence-corrected chi connectivity index (χ4v) is 5.23. The maximum atomic E-state index is 13.6. The minimum absolute atomic E-state index is 0.0119. The summed E-state index contributed by atoms with van der Waals surface area (Å²) in [7, 11) is 0. The van der Waals surface area contributed by atoms with Gasteiger partial charge < -0.3 is 9.80 Å². The van der Waals surface area contributed by atoms with Gasteiger partial charge in [-0.2, -0.15) is 0 Å². The molecule has 0 saturated heterocycles. The van der Waals surface area contributed by atoms with Crippen LogP contribution in [0.25, 0.3) is 0 Å². The number of thiophene rings is 1. The second-order valence-corrected chi connectivity index (χ2v) is 9.54. The van der Waals surface area contributed by atoms with Crippen molar-refractivity contribution in [2.75, 3.05) is 19.6 Å². The lowest BCUT2D eigenvalue weighted by Gasteiger charge is -2.37. The summed E-state index contributed by atoms with van der Waals surface area (Å²) in [5.41, 5.74) is 3.83. The second-order valence-electron chi connectivity index (χ2n) is 8.54. The molecule has 172 valence electrons. The van der Waals surface area contributed by atoms with Crippen LogP contribution < -0.4 is 0 Å². The van der Waals surface area contributed by atoms with Gasteiger partial charge in [-0.15, -0.1) is 11.3 Å². The average molecular weight is 465 g/mol. The first kappa shape index (κ1) is 23.2. The first-order valence-electron chi connectivity index (χ1n) is 11.4. The fourth-order valence-electron chi connectivity index (χ4n) is 4.32. The van der Waals surface area contributed by atoms with E-state index in [1.807, 2.05) is 4.90 Å². The molecule has 1 aliphatic rings. The van der Waals surface area contributed by atoms with Crippen molar-refractivity contribution in [3.63, 3.8) is 0 Å². The molecule has 4 nitrogen and oxygen atoms in total. The van der Waals surface area contributed by atoms with Crippen LogP contribution in [-0.4, -0.2) is 41.2 Å². The number of nitrogens with zero attached hydrogens (tertiary/aromatic N) is 2. The highest BCUT2D eigenvalue weighted by molar-refractivity contribution is 7.10. The van der Waals surface area contributed by atoms with E-state index in [1.54, 1.807) is 16.2 Å². The van der Waals surface area contributed by atoms with Crippen molar-refractivity contribution in [3.8, 4) is 0 Å². The molecule has 1 unspecified atom stereocenters. The van der Waals surface area contributed by atoms with Gasteiger partial charge in [0.15, 0.2) is 0 Å². The Bertz CT molecular complexity index is 1110. The van der Waals surface area contributed by atoms with Gasteiger partial charge in [0.05, 0.1) is 6.04 Å². The van der Waals surface area contributed by atoms with Crippen molar-refractivity contribution in [3.05, 3.63) is 92.9 Å². The van der Waals surface area contributed by atoms with Crippen LogP contribution >= 0.6 is 11.3 Å². The van der Waals surface area contributed by atoms with Crippen LogP contribution in [0.2, 0.25) is 0 Å². The summed E-state index contributed by atoms with van der Waals surface area (Å²) < 4.78 is 13.3. The lowest BCUT2D eigenvalue weighted by atomic mass is 9.92. The molecule has 0 aliphatic carbocycles. The molecule has 0 spiro atoms. The van der Waals surface area contributed by atoms with Gasteiger partial charge in [0, 0.05) is 23.5 Å². The summed E-state index contributed by atoms with van der Waals surface area (Å²) in [6.07, 6.45) is 2.54. The van der Waals surface area contributed by atoms with E-state index in [9.17, 15) is 14.0 Å². The van der Waals surface area contributed by atoms with Crippen molar-refractivity contribution in [2.24, 2.45) is 0 Å². The molecule has 0 fully saturated rings. The lowest BCUT2D eigenvalue weighted by Crippen LogP contribution is -2.47. The van der Waals surface area contributed by atoms with Gasteiger partial charge in [-0.3, -0.25) is 9.59 Å². The molecule has 33 heavy (non-hydrogen) atoms. The molecular weight excluding hydrogens is 435 g/mol. The highest BCUT2D eigenvalue weighted by Gasteiger charge is 2.34. The molecule has 0 saturated carbocycles. The monoisotopic (exact) mass is 464 g/mol. The Balaban J connectivity index is 1.60. The Labute approximate surface area is 198 Å². The highest BCUT2D eigenvalue weighted by Crippen LogP contribution is 2.38.